The number of rotatable bonds is 8. The van der Waals surface area contributed by atoms with E-state index in [1.165, 1.54) is 59.7 Å². The Bertz CT molecular complexity index is 1180. The van der Waals surface area contributed by atoms with Crippen molar-refractivity contribution in [2.45, 2.75) is 96.1 Å². The highest BCUT2D eigenvalue weighted by molar-refractivity contribution is 9.10. The Hall–Kier alpha value is -1.91. The molecule has 2 fully saturated rings. The third-order valence-corrected chi connectivity index (χ3v) is 9.21. The molecule has 2 saturated carbocycles. The van der Waals surface area contributed by atoms with E-state index in [4.69, 9.17) is 5.73 Å². The molecule has 2 aromatic carbocycles. The number of nitrogens with two attached hydrogens (primary N) is 1. The summed E-state index contributed by atoms with van der Waals surface area (Å²) in [6, 6.07) is 15.8. The zero-order valence-electron chi connectivity index (χ0n) is 21.7. The molecule has 36 heavy (non-hydrogen) atoms. The fourth-order valence-electron chi connectivity index (χ4n) is 6.69. The average Bonchev–Trinajstić information content (AvgIpc) is 3.21. The van der Waals surface area contributed by atoms with E-state index in [-0.39, 0.29) is 5.92 Å². The van der Waals surface area contributed by atoms with Crippen molar-refractivity contribution in [2.75, 3.05) is 0 Å². The molecule has 2 N–H and O–H groups in total. The first-order chi connectivity index (χ1) is 17.5. The van der Waals surface area contributed by atoms with Crippen molar-refractivity contribution < 1.29 is 4.79 Å². The Balaban J connectivity index is 1.48. The normalized spacial score (nSPS) is 22.1. The van der Waals surface area contributed by atoms with Gasteiger partial charge in [-0.15, -0.1) is 0 Å². The van der Waals surface area contributed by atoms with Crippen LogP contribution in [0.3, 0.4) is 0 Å². The summed E-state index contributed by atoms with van der Waals surface area (Å²) >= 11 is 3.73. The van der Waals surface area contributed by atoms with Crippen molar-refractivity contribution in [2.24, 2.45) is 17.6 Å². The van der Waals surface area contributed by atoms with Crippen molar-refractivity contribution in [3.05, 3.63) is 69.8 Å². The summed E-state index contributed by atoms with van der Waals surface area (Å²) in [6.07, 6.45) is 14.7. The van der Waals surface area contributed by atoms with Gasteiger partial charge in [-0.25, -0.2) is 0 Å². The lowest BCUT2D eigenvalue weighted by Gasteiger charge is -2.26. The highest BCUT2D eigenvalue weighted by Crippen LogP contribution is 2.38. The average molecular weight is 550 g/mol. The summed E-state index contributed by atoms with van der Waals surface area (Å²) < 4.78 is 3.59. The minimum Gasteiger partial charge on any atom is -0.347 e. The highest BCUT2D eigenvalue weighted by atomic mass is 79.9. The number of nitrogens with zero attached hydrogens (tertiary/aromatic N) is 1. The second kappa shape index (κ2) is 11.6. The van der Waals surface area contributed by atoms with Gasteiger partial charge in [-0.1, -0.05) is 65.0 Å². The van der Waals surface area contributed by atoms with Gasteiger partial charge in [-0.2, -0.15) is 0 Å². The smallest absolute Gasteiger partial charge is 0.134 e. The molecule has 2 aliphatic rings. The van der Waals surface area contributed by atoms with Gasteiger partial charge in [0.1, 0.15) is 5.78 Å². The summed E-state index contributed by atoms with van der Waals surface area (Å²) in [5, 5.41) is 1.28. The molecule has 1 aromatic heterocycles. The molecule has 5 rings (SSSR count). The molecule has 192 valence electrons. The third kappa shape index (κ3) is 6.14. The number of fused-ring (bicyclic) bond motifs is 1. The van der Waals surface area contributed by atoms with Crippen LogP contribution in [0.2, 0.25) is 0 Å². The van der Waals surface area contributed by atoms with Gasteiger partial charge in [-0.05, 0) is 86.6 Å². The summed E-state index contributed by atoms with van der Waals surface area (Å²) in [4.78, 5) is 13.5. The number of aryl methyl sites for hydroxylation is 1. The number of carbonyl (C=O) groups excluding carboxylic acids is 1. The highest BCUT2D eigenvalue weighted by Gasteiger charge is 2.27. The number of carbonyl (C=O) groups is 1. The van der Waals surface area contributed by atoms with Crippen LogP contribution in [-0.2, 0) is 11.3 Å². The molecule has 1 atom stereocenters. The van der Waals surface area contributed by atoms with Crippen molar-refractivity contribution in [1.82, 2.24) is 4.57 Å². The molecule has 0 spiro atoms. The molecule has 4 heteroatoms. The predicted octanol–water partition coefficient (Wildman–Crippen LogP) is 8.29. The lowest BCUT2D eigenvalue weighted by Crippen LogP contribution is -2.27. The summed E-state index contributed by atoms with van der Waals surface area (Å²) in [6.45, 7) is 3.23. The Morgan fingerprint density at radius 3 is 2.53 bits per heavy atom. The number of hydrogen-bond acceptors (Lipinski definition) is 2. The largest absolute Gasteiger partial charge is 0.347 e. The molecule has 0 radical (unpaired) electrons. The molecule has 3 aromatic rings. The maximum absolute atomic E-state index is 13.5. The second-order valence-electron chi connectivity index (χ2n) is 11.6. The summed E-state index contributed by atoms with van der Waals surface area (Å²) in [7, 11) is 0. The van der Waals surface area contributed by atoms with Crippen molar-refractivity contribution in [1.29, 1.82) is 0 Å². The van der Waals surface area contributed by atoms with E-state index in [1.54, 1.807) is 0 Å². The van der Waals surface area contributed by atoms with Gasteiger partial charge in [0.05, 0.1) is 0 Å². The van der Waals surface area contributed by atoms with Gasteiger partial charge in [0.25, 0.3) is 0 Å². The van der Waals surface area contributed by atoms with Crippen LogP contribution in [0.25, 0.3) is 10.9 Å². The SMILES string of the molecule is Cc1cccc(C(CC(=O)CC2CCC(N)CC2)c2cn(CC3CCCCC3)c3ccc(Br)cc23)c1. The van der Waals surface area contributed by atoms with Crippen LogP contribution in [0, 0.1) is 18.8 Å². The Labute approximate surface area is 225 Å². The van der Waals surface area contributed by atoms with Crippen molar-refractivity contribution >= 4 is 32.6 Å². The van der Waals surface area contributed by atoms with Crippen LogP contribution in [0.15, 0.2) is 53.1 Å². The van der Waals surface area contributed by atoms with Crippen LogP contribution in [0.5, 0.6) is 0 Å². The number of Topliss-reactive ketones (excluding diaryl/α,β-unsaturated/α-hetero) is 1. The summed E-state index contributed by atoms with van der Waals surface area (Å²) in [5.41, 5.74) is 11.2. The zero-order chi connectivity index (χ0) is 25.1. The first kappa shape index (κ1) is 25.7. The maximum atomic E-state index is 13.5. The molecular formula is C32H41BrN2O. The Kier molecular flexibility index (Phi) is 8.32. The van der Waals surface area contributed by atoms with Gasteiger partial charge >= 0.3 is 0 Å². The van der Waals surface area contributed by atoms with Gasteiger partial charge in [-0.3, -0.25) is 4.79 Å². The lowest BCUT2D eigenvalue weighted by molar-refractivity contribution is -0.120. The van der Waals surface area contributed by atoms with Gasteiger partial charge < -0.3 is 10.3 Å². The molecule has 2 aliphatic carbocycles. The molecule has 3 nitrogen and oxygen atoms in total. The van der Waals surface area contributed by atoms with E-state index in [0.717, 1.165) is 42.6 Å². The van der Waals surface area contributed by atoms with E-state index >= 15 is 0 Å². The number of ketones is 1. The Morgan fingerprint density at radius 2 is 1.78 bits per heavy atom. The first-order valence-corrected chi connectivity index (χ1v) is 14.9. The molecule has 0 aliphatic heterocycles. The number of benzene rings is 2. The molecular weight excluding hydrogens is 508 g/mol. The quantitative estimate of drug-likeness (QED) is 0.307. The topological polar surface area (TPSA) is 48.0 Å². The number of halogens is 1. The van der Waals surface area contributed by atoms with Crippen molar-refractivity contribution in [3.8, 4) is 0 Å². The fraction of sp³-hybridized carbons (Fsp3) is 0.531. The van der Waals surface area contributed by atoms with E-state index in [0.29, 0.717) is 30.6 Å². The monoisotopic (exact) mass is 548 g/mol. The molecule has 0 saturated heterocycles. The van der Waals surface area contributed by atoms with Crippen LogP contribution in [0.4, 0.5) is 0 Å². The van der Waals surface area contributed by atoms with Crippen LogP contribution >= 0.6 is 15.9 Å². The summed E-state index contributed by atoms with van der Waals surface area (Å²) in [5.74, 6) is 1.72. The van der Waals surface area contributed by atoms with Gasteiger partial charge in [0, 0.05) is 52.9 Å². The van der Waals surface area contributed by atoms with E-state index in [1.807, 2.05) is 0 Å². The fourth-order valence-corrected chi connectivity index (χ4v) is 7.05. The van der Waals surface area contributed by atoms with Crippen LogP contribution in [0.1, 0.15) is 93.2 Å². The van der Waals surface area contributed by atoms with Gasteiger partial charge in [0.2, 0.25) is 0 Å². The predicted molar refractivity (Wildman–Crippen MR) is 153 cm³/mol. The zero-order valence-corrected chi connectivity index (χ0v) is 23.3. The minimum absolute atomic E-state index is 0.0765. The number of hydrogen-bond donors (Lipinski definition) is 1. The second-order valence-corrected chi connectivity index (χ2v) is 12.5. The molecule has 1 unspecified atom stereocenters. The van der Waals surface area contributed by atoms with Crippen molar-refractivity contribution in [3.63, 3.8) is 0 Å². The molecule has 1 heterocycles. The first-order valence-electron chi connectivity index (χ1n) is 14.1. The van der Waals surface area contributed by atoms with Crippen LogP contribution < -0.4 is 5.73 Å². The number of aromatic nitrogens is 1. The van der Waals surface area contributed by atoms with E-state index in [9.17, 15) is 4.79 Å². The van der Waals surface area contributed by atoms with E-state index < -0.39 is 0 Å². The van der Waals surface area contributed by atoms with E-state index in [2.05, 4.69) is 76.1 Å². The van der Waals surface area contributed by atoms with Crippen LogP contribution in [-0.4, -0.2) is 16.4 Å². The maximum Gasteiger partial charge on any atom is 0.134 e. The molecule has 0 bridgehead atoms. The van der Waals surface area contributed by atoms with Gasteiger partial charge in [0.15, 0.2) is 0 Å². The lowest BCUT2D eigenvalue weighted by atomic mass is 9.80. The molecule has 0 amide bonds. The minimum atomic E-state index is 0.0765. The third-order valence-electron chi connectivity index (χ3n) is 8.71. The standard InChI is InChI=1S/C32H41BrN2O/c1-22-6-5-9-25(16-22)29(19-28(36)17-23-10-13-27(34)14-11-23)31-21-35(20-24-7-3-2-4-8-24)32-15-12-26(33)18-30(31)32/h5-6,9,12,15-16,18,21,23-24,27,29H,2-4,7-8,10-11,13-14,17,19-20,34H2,1H3. The Morgan fingerprint density at radius 1 is 1.00 bits per heavy atom.